The van der Waals surface area contributed by atoms with E-state index >= 15 is 0 Å². The minimum Gasteiger partial charge on any atom is -0.258 e. The van der Waals surface area contributed by atoms with Crippen molar-refractivity contribution in [2.75, 3.05) is 0 Å². The maximum absolute atomic E-state index is 10.9. The Balaban J connectivity index is 2.22. The molecule has 2 heterocycles. The van der Waals surface area contributed by atoms with E-state index < -0.39 is 0 Å². The Hall–Kier alpha value is -1.98. The molecule has 0 radical (unpaired) electrons. The fourth-order valence-electron chi connectivity index (χ4n) is 1.93. The van der Waals surface area contributed by atoms with Gasteiger partial charge in [0, 0.05) is 33.0 Å². The average Bonchev–Trinajstić information content (AvgIpc) is 3.11. The Kier molecular flexibility index (Phi) is 3.15. The van der Waals surface area contributed by atoms with E-state index in [1.807, 2.05) is 41.1 Å². The van der Waals surface area contributed by atoms with Crippen LogP contribution in [0.2, 0.25) is 0 Å². The minimum atomic E-state index is -0.352. The van der Waals surface area contributed by atoms with Crippen LogP contribution in [0.25, 0.3) is 20.9 Å². The van der Waals surface area contributed by atoms with Gasteiger partial charge in [-0.3, -0.25) is 10.1 Å². The fourth-order valence-corrected chi connectivity index (χ4v) is 3.45. The summed E-state index contributed by atoms with van der Waals surface area (Å²) in [5.41, 5.74) is 2.10. The SMILES string of the molecule is O=[N+]([O-])c1ccc(-c2cccs2)c(-c2cccs2)c1. The molecular weight excluding hydrogens is 278 g/mol. The predicted molar refractivity (Wildman–Crippen MR) is 79.7 cm³/mol. The van der Waals surface area contributed by atoms with Gasteiger partial charge in [-0.2, -0.15) is 0 Å². The third-order valence-electron chi connectivity index (χ3n) is 2.79. The summed E-state index contributed by atoms with van der Waals surface area (Å²) in [6.45, 7) is 0. The van der Waals surface area contributed by atoms with Crippen LogP contribution >= 0.6 is 22.7 Å². The topological polar surface area (TPSA) is 43.1 Å². The number of nitrogens with zero attached hydrogens (tertiary/aromatic N) is 1. The minimum absolute atomic E-state index is 0.128. The number of hydrogen-bond acceptors (Lipinski definition) is 4. The zero-order valence-electron chi connectivity index (χ0n) is 9.78. The monoisotopic (exact) mass is 287 g/mol. The normalized spacial score (nSPS) is 10.5. The Morgan fingerprint density at radius 2 is 1.53 bits per heavy atom. The van der Waals surface area contributed by atoms with Gasteiger partial charge in [-0.1, -0.05) is 12.1 Å². The van der Waals surface area contributed by atoms with Gasteiger partial charge < -0.3 is 0 Å². The molecular formula is C14H9NO2S2. The van der Waals surface area contributed by atoms with E-state index in [2.05, 4.69) is 0 Å². The lowest BCUT2D eigenvalue weighted by molar-refractivity contribution is -0.384. The van der Waals surface area contributed by atoms with Crippen molar-refractivity contribution in [3.8, 4) is 20.9 Å². The van der Waals surface area contributed by atoms with Crippen LogP contribution in [-0.4, -0.2) is 4.92 Å². The summed E-state index contributed by atoms with van der Waals surface area (Å²) in [5.74, 6) is 0. The highest BCUT2D eigenvalue weighted by Gasteiger charge is 2.14. The van der Waals surface area contributed by atoms with Gasteiger partial charge in [0.25, 0.3) is 5.69 Å². The highest BCUT2D eigenvalue weighted by atomic mass is 32.1. The van der Waals surface area contributed by atoms with Gasteiger partial charge in [-0.05, 0) is 29.0 Å². The molecule has 0 saturated carbocycles. The molecule has 0 unspecified atom stereocenters. The first-order valence-electron chi connectivity index (χ1n) is 5.62. The fraction of sp³-hybridized carbons (Fsp3) is 0. The number of hydrogen-bond donors (Lipinski definition) is 0. The number of rotatable bonds is 3. The van der Waals surface area contributed by atoms with Gasteiger partial charge in [-0.15, -0.1) is 22.7 Å². The van der Waals surface area contributed by atoms with Crippen LogP contribution in [0.3, 0.4) is 0 Å². The second kappa shape index (κ2) is 4.95. The molecule has 0 aliphatic heterocycles. The zero-order chi connectivity index (χ0) is 13.2. The molecule has 0 aliphatic rings. The number of nitro benzene ring substituents is 1. The van der Waals surface area contributed by atoms with Gasteiger partial charge in [0.1, 0.15) is 0 Å². The van der Waals surface area contributed by atoms with Gasteiger partial charge in [0.15, 0.2) is 0 Å². The Bertz CT molecular complexity index is 703. The Labute approximate surface area is 117 Å². The van der Waals surface area contributed by atoms with Crippen molar-refractivity contribution in [2.45, 2.75) is 0 Å². The van der Waals surface area contributed by atoms with E-state index in [1.165, 1.54) is 0 Å². The Morgan fingerprint density at radius 1 is 0.895 bits per heavy atom. The summed E-state index contributed by atoms with van der Waals surface area (Å²) in [4.78, 5) is 12.8. The molecule has 19 heavy (non-hydrogen) atoms. The molecule has 0 N–H and O–H groups in total. The molecule has 0 aliphatic carbocycles. The molecule has 0 bridgehead atoms. The molecule has 3 rings (SSSR count). The smallest absolute Gasteiger partial charge is 0.258 e. The summed E-state index contributed by atoms with van der Waals surface area (Å²) in [6.07, 6.45) is 0. The number of thiophene rings is 2. The van der Waals surface area contributed by atoms with E-state index in [0.29, 0.717) is 0 Å². The Morgan fingerprint density at radius 3 is 2.05 bits per heavy atom. The zero-order valence-corrected chi connectivity index (χ0v) is 11.4. The molecule has 0 atom stereocenters. The largest absolute Gasteiger partial charge is 0.270 e. The van der Waals surface area contributed by atoms with Crippen molar-refractivity contribution < 1.29 is 4.92 Å². The molecule has 1 aromatic carbocycles. The lowest BCUT2D eigenvalue weighted by atomic mass is 10.0. The van der Waals surface area contributed by atoms with E-state index in [4.69, 9.17) is 0 Å². The first-order valence-corrected chi connectivity index (χ1v) is 7.38. The summed E-state index contributed by atoms with van der Waals surface area (Å²) in [5, 5.41) is 14.9. The molecule has 2 aromatic heterocycles. The lowest BCUT2D eigenvalue weighted by Gasteiger charge is -2.06. The molecule has 0 spiro atoms. The van der Waals surface area contributed by atoms with Crippen LogP contribution < -0.4 is 0 Å². The highest BCUT2D eigenvalue weighted by molar-refractivity contribution is 7.14. The number of nitro groups is 1. The first kappa shape index (κ1) is 12.1. The van der Waals surface area contributed by atoms with Crippen LogP contribution in [0.4, 0.5) is 5.69 Å². The van der Waals surface area contributed by atoms with Crippen molar-refractivity contribution in [1.29, 1.82) is 0 Å². The van der Waals surface area contributed by atoms with E-state index in [0.717, 1.165) is 20.9 Å². The molecule has 3 nitrogen and oxygen atoms in total. The average molecular weight is 287 g/mol. The molecule has 0 saturated heterocycles. The third-order valence-corrected chi connectivity index (χ3v) is 4.59. The number of benzene rings is 1. The summed E-state index contributed by atoms with van der Waals surface area (Å²) >= 11 is 3.23. The molecule has 0 amide bonds. The van der Waals surface area contributed by atoms with Crippen LogP contribution in [0.1, 0.15) is 0 Å². The molecule has 3 aromatic rings. The first-order chi connectivity index (χ1) is 9.25. The molecule has 94 valence electrons. The lowest BCUT2D eigenvalue weighted by Crippen LogP contribution is -1.89. The quantitative estimate of drug-likeness (QED) is 0.499. The molecule has 5 heteroatoms. The third kappa shape index (κ3) is 2.30. The van der Waals surface area contributed by atoms with Crippen molar-refractivity contribution in [3.63, 3.8) is 0 Å². The number of non-ortho nitro benzene ring substituents is 1. The highest BCUT2D eigenvalue weighted by Crippen LogP contribution is 2.38. The van der Waals surface area contributed by atoms with Crippen LogP contribution in [-0.2, 0) is 0 Å². The van der Waals surface area contributed by atoms with Crippen LogP contribution in [0.5, 0.6) is 0 Å². The van der Waals surface area contributed by atoms with Crippen molar-refractivity contribution in [1.82, 2.24) is 0 Å². The summed E-state index contributed by atoms with van der Waals surface area (Å²) in [6, 6.07) is 13.0. The van der Waals surface area contributed by atoms with Gasteiger partial charge >= 0.3 is 0 Å². The van der Waals surface area contributed by atoms with Gasteiger partial charge in [0.05, 0.1) is 4.92 Å². The van der Waals surface area contributed by atoms with Crippen molar-refractivity contribution in [2.24, 2.45) is 0 Å². The van der Waals surface area contributed by atoms with Crippen LogP contribution in [0.15, 0.2) is 53.2 Å². The van der Waals surface area contributed by atoms with E-state index in [-0.39, 0.29) is 10.6 Å². The van der Waals surface area contributed by atoms with E-state index in [1.54, 1.807) is 34.8 Å². The second-order valence-corrected chi connectivity index (χ2v) is 5.84. The maximum Gasteiger partial charge on any atom is 0.270 e. The van der Waals surface area contributed by atoms with E-state index in [9.17, 15) is 10.1 Å². The maximum atomic E-state index is 10.9. The van der Waals surface area contributed by atoms with Crippen LogP contribution in [0, 0.1) is 10.1 Å². The van der Waals surface area contributed by atoms with Gasteiger partial charge in [-0.25, -0.2) is 0 Å². The molecule has 0 fully saturated rings. The van der Waals surface area contributed by atoms with Crippen molar-refractivity contribution in [3.05, 3.63) is 63.3 Å². The standard InChI is InChI=1S/C14H9NO2S2/c16-15(17)10-5-6-11(13-3-1-7-18-13)12(9-10)14-4-2-8-19-14/h1-9H. The second-order valence-electron chi connectivity index (χ2n) is 3.94. The van der Waals surface area contributed by atoms with Gasteiger partial charge in [0.2, 0.25) is 0 Å². The predicted octanol–water partition coefficient (Wildman–Crippen LogP) is 5.05. The summed E-state index contributed by atoms with van der Waals surface area (Å²) in [7, 11) is 0. The van der Waals surface area contributed by atoms with Crippen molar-refractivity contribution >= 4 is 28.4 Å². The summed E-state index contributed by atoms with van der Waals surface area (Å²) < 4.78 is 0.